The Labute approximate surface area is 109 Å². The molecule has 1 aromatic rings. The van der Waals surface area contributed by atoms with Gasteiger partial charge in [-0.2, -0.15) is 0 Å². The minimum Gasteiger partial charge on any atom is -0.354 e. The maximum atomic E-state index is 12.1. The fraction of sp³-hybridized carbons (Fsp3) is 0.533. The monoisotopic (exact) mass is 246 g/mol. The van der Waals surface area contributed by atoms with Gasteiger partial charge in [0.1, 0.15) is 0 Å². The number of benzene rings is 1. The number of amides is 1. The van der Waals surface area contributed by atoms with Crippen molar-refractivity contribution in [2.75, 3.05) is 19.6 Å². The number of rotatable bonds is 6. The molecule has 2 N–H and O–H groups in total. The zero-order chi connectivity index (χ0) is 12.8. The molecule has 0 radical (unpaired) electrons. The van der Waals surface area contributed by atoms with Crippen molar-refractivity contribution in [2.45, 2.75) is 32.1 Å². The van der Waals surface area contributed by atoms with Crippen LogP contribution in [0.25, 0.3) is 0 Å². The molecule has 0 spiro atoms. The van der Waals surface area contributed by atoms with Gasteiger partial charge in [0.15, 0.2) is 0 Å². The molecule has 2 rings (SSSR count). The molecule has 98 valence electrons. The van der Waals surface area contributed by atoms with Crippen LogP contribution in [0.15, 0.2) is 24.3 Å². The van der Waals surface area contributed by atoms with Crippen LogP contribution in [0, 0.1) is 0 Å². The summed E-state index contributed by atoms with van der Waals surface area (Å²) in [5.74, 6) is 0.241. The number of hydrogen-bond donors (Lipinski definition) is 2. The number of fused-ring (bicyclic) bond motifs is 1. The van der Waals surface area contributed by atoms with Crippen LogP contribution in [0.1, 0.15) is 36.8 Å². The van der Waals surface area contributed by atoms with Gasteiger partial charge in [-0.25, -0.2) is 0 Å². The molecule has 1 atom stereocenters. The van der Waals surface area contributed by atoms with Gasteiger partial charge in [-0.1, -0.05) is 31.2 Å². The van der Waals surface area contributed by atoms with Crippen molar-refractivity contribution >= 4 is 5.91 Å². The summed E-state index contributed by atoms with van der Waals surface area (Å²) >= 11 is 0. The zero-order valence-corrected chi connectivity index (χ0v) is 11.0. The highest BCUT2D eigenvalue weighted by molar-refractivity contribution is 5.84. The molecule has 0 aromatic heterocycles. The highest BCUT2D eigenvalue weighted by Gasteiger charge is 2.27. The fourth-order valence-electron chi connectivity index (χ4n) is 2.53. The van der Waals surface area contributed by atoms with Crippen LogP contribution in [-0.2, 0) is 11.2 Å². The smallest absolute Gasteiger partial charge is 0.227 e. The second-order valence-electron chi connectivity index (χ2n) is 4.83. The summed E-state index contributed by atoms with van der Waals surface area (Å²) in [4.78, 5) is 12.1. The molecule has 0 heterocycles. The number of aryl methyl sites for hydroxylation is 1. The Kier molecular flexibility index (Phi) is 4.76. The molecule has 1 aliphatic carbocycles. The van der Waals surface area contributed by atoms with Gasteiger partial charge in [0.25, 0.3) is 0 Å². The van der Waals surface area contributed by atoms with E-state index >= 15 is 0 Å². The Bertz CT molecular complexity index is 403. The summed E-state index contributed by atoms with van der Waals surface area (Å²) in [6, 6.07) is 8.29. The van der Waals surface area contributed by atoms with Crippen molar-refractivity contribution in [1.82, 2.24) is 10.6 Å². The van der Waals surface area contributed by atoms with E-state index in [4.69, 9.17) is 0 Å². The van der Waals surface area contributed by atoms with Crippen molar-refractivity contribution in [3.63, 3.8) is 0 Å². The number of carbonyl (C=O) groups is 1. The lowest BCUT2D eigenvalue weighted by Gasteiger charge is -2.12. The third-order valence-corrected chi connectivity index (χ3v) is 3.48. The third-order valence-electron chi connectivity index (χ3n) is 3.48. The molecule has 3 nitrogen and oxygen atoms in total. The molecule has 18 heavy (non-hydrogen) atoms. The highest BCUT2D eigenvalue weighted by Crippen LogP contribution is 2.32. The van der Waals surface area contributed by atoms with Crippen molar-refractivity contribution in [3.8, 4) is 0 Å². The number of hydrogen-bond acceptors (Lipinski definition) is 2. The maximum absolute atomic E-state index is 12.1. The average molecular weight is 246 g/mol. The van der Waals surface area contributed by atoms with Crippen LogP contribution in [0.4, 0.5) is 0 Å². The molecule has 0 bridgehead atoms. The molecule has 0 saturated carbocycles. The average Bonchev–Trinajstić information content (AvgIpc) is 2.82. The Morgan fingerprint density at radius 2 is 2.11 bits per heavy atom. The summed E-state index contributed by atoms with van der Waals surface area (Å²) in [7, 11) is 0. The van der Waals surface area contributed by atoms with Crippen LogP contribution in [0.3, 0.4) is 0 Å². The number of nitrogens with one attached hydrogen (secondary N) is 2. The van der Waals surface area contributed by atoms with E-state index in [-0.39, 0.29) is 11.8 Å². The summed E-state index contributed by atoms with van der Waals surface area (Å²) in [6.45, 7) is 4.73. The van der Waals surface area contributed by atoms with Gasteiger partial charge >= 0.3 is 0 Å². The van der Waals surface area contributed by atoms with Crippen LogP contribution in [0.5, 0.6) is 0 Å². The lowest BCUT2D eigenvalue weighted by Crippen LogP contribution is -2.34. The van der Waals surface area contributed by atoms with Crippen molar-refractivity contribution in [2.24, 2.45) is 0 Å². The van der Waals surface area contributed by atoms with Gasteiger partial charge < -0.3 is 10.6 Å². The first kappa shape index (κ1) is 13.1. The third kappa shape index (κ3) is 3.10. The summed E-state index contributed by atoms with van der Waals surface area (Å²) in [5.41, 5.74) is 2.55. The predicted molar refractivity (Wildman–Crippen MR) is 73.7 cm³/mol. The van der Waals surface area contributed by atoms with Crippen molar-refractivity contribution < 1.29 is 4.79 Å². The second kappa shape index (κ2) is 6.55. The predicted octanol–water partition coefficient (Wildman–Crippen LogP) is 1.83. The first-order valence-electron chi connectivity index (χ1n) is 6.89. The van der Waals surface area contributed by atoms with Crippen LogP contribution in [-0.4, -0.2) is 25.5 Å². The molecule has 1 amide bonds. The molecule has 0 saturated heterocycles. The molecule has 0 aliphatic heterocycles. The van der Waals surface area contributed by atoms with E-state index in [1.165, 1.54) is 11.1 Å². The minimum atomic E-state index is 0.0624. The Balaban J connectivity index is 1.80. The molecular weight excluding hydrogens is 224 g/mol. The minimum absolute atomic E-state index is 0.0624. The summed E-state index contributed by atoms with van der Waals surface area (Å²) < 4.78 is 0. The Hall–Kier alpha value is -1.35. The van der Waals surface area contributed by atoms with Crippen LogP contribution in [0.2, 0.25) is 0 Å². The van der Waals surface area contributed by atoms with E-state index in [0.717, 1.165) is 38.9 Å². The lowest BCUT2D eigenvalue weighted by molar-refractivity contribution is -0.122. The van der Waals surface area contributed by atoms with Gasteiger partial charge in [0.05, 0.1) is 5.92 Å². The van der Waals surface area contributed by atoms with Crippen LogP contribution < -0.4 is 10.6 Å². The topological polar surface area (TPSA) is 41.1 Å². The largest absolute Gasteiger partial charge is 0.354 e. The van der Waals surface area contributed by atoms with Gasteiger partial charge in [0.2, 0.25) is 5.91 Å². The van der Waals surface area contributed by atoms with E-state index < -0.39 is 0 Å². The summed E-state index contributed by atoms with van der Waals surface area (Å²) in [6.07, 6.45) is 3.11. The lowest BCUT2D eigenvalue weighted by atomic mass is 10.0. The molecule has 0 fully saturated rings. The maximum Gasteiger partial charge on any atom is 0.227 e. The van der Waals surface area contributed by atoms with Crippen LogP contribution >= 0.6 is 0 Å². The normalized spacial score (nSPS) is 17.5. The van der Waals surface area contributed by atoms with Gasteiger partial charge in [-0.15, -0.1) is 0 Å². The zero-order valence-electron chi connectivity index (χ0n) is 11.0. The molecule has 1 unspecified atom stereocenters. The quantitative estimate of drug-likeness (QED) is 0.752. The molecular formula is C15H22N2O. The van der Waals surface area contributed by atoms with E-state index in [1.54, 1.807) is 0 Å². The van der Waals surface area contributed by atoms with Gasteiger partial charge in [-0.05, 0) is 36.9 Å². The number of carbonyl (C=O) groups excluding carboxylic acids is 1. The van der Waals surface area contributed by atoms with Crippen molar-refractivity contribution in [3.05, 3.63) is 35.4 Å². The first-order valence-corrected chi connectivity index (χ1v) is 6.89. The van der Waals surface area contributed by atoms with E-state index in [9.17, 15) is 4.79 Å². The van der Waals surface area contributed by atoms with Gasteiger partial charge in [0, 0.05) is 13.1 Å². The molecule has 3 heteroatoms. The first-order chi connectivity index (χ1) is 8.83. The SMILES string of the molecule is CCCNCCNC(=O)C1CCc2ccccc21. The highest BCUT2D eigenvalue weighted by atomic mass is 16.1. The van der Waals surface area contributed by atoms with Gasteiger partial charge in [-0.3, -0.25) is 4.79 Å². The van der Waals surface area contributed by atoms with Crippen molar-refractivity contribution in [1.29, 1.82) is 0 Å². The van der Waals surface area contributed by atoms with E-state index in [2.05, 4.69) is 29.7 Å². The standard InChI is InChI=1S/C15H22N2O/c1-2-9-16-10-11-17-15(18)14-8-7-12-5-3-4-6-13(12)14/h3-6,14,16H,2,7-11H2,1H3,(H,17,18). The molecule has 1 aromatic carbocycles. The second-order valence-corrected chi connectivity index (χ2v) is 4.83. The summed E-state index contributed by atoms with van der Waals surface area (Å²) in [5, 5.41) is 6.31. The van der Waals surface area contributed by atoms with E-state index in [1.807, 2.05) is 12.1 Å². The van der Waals surface area contributed by atoms with E-state index in [0.29, 0.717) is 0 Å². The molecule has 1 aliphatic rings. The fourth-order valence-corrected chi connectivity index (χ4v) is 2.53. The Morgan fingerprint density at radius 3 is 2.94 bits per heavy atom. The Morgan fingerprint density at radius 1 is 1.28 bits per heavy atom.